The van der Waals surface area contributed by atoms with Gasteiger partial charge in [-0.15, -0.1) is 0 Å². The van der Waals surface area contributed by atoms with Gasteiger partial charge in [0.1, 0.15) is 22.5 Å². The molecule has 10 heteroatoms. The Hall–Kier alpha value is -2.88. The first-order chi connectivity index (χ1) is 11.5. The standard InChI is InChI=1S/C14H11BrN4O5/c15-11-8-18(17-13(11)19(21)22)7-10-3-4-12(24-10)14(20)16-6-9-2-1-5-23-9/h1-5,8H,6-7H2,(H,16,20). The zero-order chi connectivity index (χ0) is 17.1. The van der Waals surface area contributed by atoms with Crippen LogP contribution in [0.25, 0.3) is 0 Å². The number of nitrogens with one attached hydrogen (secondary N) is 1. The molecule has 0 aliphatic heterocycles. The minimum atomic E-state index is -0.587. The van der Waals surface area contributed by atoms with Gasteiger partial charge in [0, 0.05) is 0 Å². The Bertz CT molecular complexity index is 868. The molecule has 0 bridgehead atoms. The summed E-state index contributed by atoms with van der Waals surface area (Å²) in [5.41, 5.74) is 0. The average molecular weight is 395 g/mol. The molecule has 24 heavy (non-hydrogen) atoms. The molecule has 0 radical (unpaired) electrons. The van der Waals surface area contributed by atoms with E-state index in [4.69, 9.17) is 8.83 Å². The van der Waals surface area contributed by atoms with E-state index in [1.807, 2.05) is 0 Å². The van der Waals surface area contributed by atoms with Crippen molar-refractivity contribution in [2.45, 2.75) is 13.1 Å². The molecule has 3 rings (SSSR count). The van der Waals surface area contributed by atoms with E-state index >= 15 is 0 Å². The molecule has 1 N–H and O–H groups in total. The summed E-state index contributed by atoms with van der Waals surface area (Å²) in [6.07, 6.45) is 2.99. The second-order valence-electron chi connectivity index (χ2n) is 4.78. The first kappa shape index (κ1) is 16.0. The average Bonchev–Trinajstić information content (AvgIpc) is 3.26. The summed E-state index contributed by atoms with van der Waals surface area (Å²) in [5.74, 6) is 0.549. The Morgan fingerprint density at radius 1 is 1.38 bits per heavy atom. The summed E-state index contributed by atoms with van der Waals surface area (Å²) in [4.78, 5) is 22.2. The summed E-state index contributed by atoms with van der Waals surface area (Å²) in [6.45, 7) is 0.415. The van der Waals surface area contributed by atoms with Crippen LogP contribution < -0.4 is 5.32 Å². The van der Waals surface area contributed by atoms with E-state index in [-0.39, 0.29) is 35.0 Å². The Morgan fingerprint density at radius 3 is 2.88 bits per heavy atom. The highest BCUT2D eigenvalue weighted by Crippen LogP contribution is 2.22. The minimum absolute atomic E-state index is 0.136. The lowest BCUT2D eigenvalue weighted by Gasteiger charge is -2.00. The molecule has 9 nitrogen and oxygen atoms in total. The molecule has 3 heterocycles. The van der Waals surface area contributed by atoms with Crippen molar-refractivity contribution >= 4 is 27.7 Å². The summed E-state index contributed by atoms with van der Waals surface area (Å²) in [6, 6.07) is 6.62. The third-order valence-corrected chi connectivity index (χ3v) is 3.64. The fourth-order valence-corrected chi connectivity index (χ4v) is 2.46. The quantitative estimate of drug-likeness (QED) is 0.507. The van der Waals surface area contributed by atoms with Crippen LogP contribution in [0.1, 0.15) is 22.1 Å². The highest BCUT2D eigenvalue weighted by Gasteiger charge is 2.20. The van der Waals surface area contributed by atoms with Crippen molar-refractivity contribution in [1.29, 1.82) is 0 Å². The number of nitro groups is 1. The molecule has 0 fully saturated rings. The van der Waals surface area contributed by atoms with E-state index in [1.165, 1.54) is 23.2 Å². The van der Waals surface area contributed by atoms with E-state index in [0.29, 0.717) is 11.5 Å². The summed E-state index contributed by atoms with van der Waals surface area (Å²) < 4.78 is 12.2. The first-order valence-electron chi connectivity index (χ1n) is 6.79. The molecular formula is C14H11BrN4O5. The molecular weight excluding hydrogens is 384 g/mol. The van der Waals surface area contributed by atoms with Crippen molar-refractivity contribution in [2.24, 2.45) is 0 Å². The van der Waals surface area contributed by atoms with E-state index in [1.54, 1.807) is 18.2 Å². The number of carbonyl (C=O) groups is 1. The normalized spacial score (nSPS) is 10.7. The summed E-state index contributed by atoms with van der Waals surface area (Å²) >= 11 is 3.07. The van der Waals surface area contributed by atoms with Crippen LogP contribution in [0.3, 0.4) is 0 Å². The fourth-order valence-electron chi connectivity index (χ4n) is 2.00. The highest BCUT2D eigenvalue weighted by atomic mass is 79.9. The molecule has 0 saturated carbocycles. The van der Waals surface area contributed by atoms with Gasteiger partial charge in [0.15, 0.2) is 5.76 Å². The van der Waals surface area contributed by atoms with Crippen LogP contribution in [-0.2, 0) is 13.1 Å². The van der Waals surface area contributed by atoms with Crippen LogP contribution >= 0.6 is 15.9 Å². The zero-order valence-electron chi connectivity index (χ0n) is 12.1. The van der Waals surface area contributed by atoms with Gasteiger partial charge in [-0.3, -0.25) is 4.79 Å². The number of hydrogen-bond donors (Lipinski definition) is 1. The predicted octanol–water partition coefficient (Wildman–Crippen LogP) is 2.72. The molecule has 1 amide bonds. The molecule has 124 valence electrons. The van der Waals surface area contributed by atoms with E-state index in [0.717, 1.165) is 0 Å². The molecule has 3 aromatic heterocycles. The smallest absolute Gasteiger partial charge is 0.404 e. The molecule has 0 aliphatic carbocycles. The van der Waals surface area contributed by atoms with Crippen LogP contribution in [0.4, 0.5) is 5.82 Å². The Balaban J connectivity index is 1.63. The zero-order valence-corrected chi connectivity index (χ0v) is 13.7. The fraction of sp³-hybridized carbons (Fsp3) is 0.143. The number of nitrogens with zero attached hydrogens (tertiary/aromatic N) is 3. The van der Waals surface area contributed by atoms with Gasteiger partial charge in [0.2, 0.25) is 0 Å². The van der Waals surface area contributed by atoms with Gasteiger partial charge >= 0.3 is 5.82 Å². The van der Waals surface area contributed by atoms with Gasteiger partial charge in [-0.1, -0.05) is 0 Å². The minimum Gasteiger partial charge on any atom is -0.467 e. The lowest BCUT2D eigenvalue weighted by molar-refractivity contribution is -0.390. The Morgan fingerprint density at radius 2 is 2.21 bits per heavy atom. The molecule has 0 atom stereocenters. The number of hydrogen-bond acceptors (Lipinski definition) is 6. The number of halogens is 1. The second kappa shape index (κ2) is 6.71. The van der Waals surface area contributed by atoms with Crippen molar-refractivity contribution in [2.75, 3.05) is 0 Å². The Labute approximate surface area is 143 Å². The lowest BCUT2D eigenvalue weighted by Crippen LogP contribution is -2.21. The highest BCUT2D eigenvalue weighted by molar-refractivity contribution is 9.10. The van der Waals surface area contributed by atoms with Crippen molar-refractivity contribution in [3.8, 4) is 0 Å². The van der Waals surface area contributed by atoms with Crippen molar-refractivity contribution < 1.29 is 18.6 Å². The van der Waals surface area contributed by atoms with Crippen LogP contribution in [0, 0.1) is 10.1 Å². The van der Waals surface area contributed by atoms with Gasteiger partial charge in [-0.25, -0.2) is 0 Å². The predicted molar refractivity (Wildman–Crippen MR) is 84.3 cm³/mol. The molecule has 3 aromatic rings. The van der Waals surface area contributed by atoms with E-state index in [9.17, 15) is 14.9 Å². The van der Waals surface area contributed by atoms with Crippen LogP contribution in [0.2, 0.25) is 0 Å². The SMILES string of the molecule is O=C(NCc1ccco1)c1ccc(Cn2cc(Br)c([N+](=O)[O-])n2)o1. The monoisotopic (exact) mass is 394 g/mol. The van der Waals surface area contributed by atoms with Crippen LogP contribution in [0.15, 0.2) is 50.0 Å². The Kier molecular flexibility index (Phi) is 4.47. The third-order valence-electron chi connectivity index (χ3n) is 3.08. The molecule has 0 spiro atoms. The van der Waals surface area contributed by atoms with Crippen molar-refractivity contribution in [3.05, 3.63) is 68.6 Å². The van der Waals surface area contributed by atoms with Gasteiger partial charge in [0.05, 0.1) is 24.1 Å². The van der Waals surface area contributed by atoms with E-state index < -0.39 is 4.92 Å². The number of furan rings is 2. The molecule has 0 aliphatic rings. The maximum atomic E-state index is 12.0. The molecule has 0 saturated heterocycles. The maximum Gasteiger partial charge on any atom is 0.404 e. The largest absolute Gasteiger partial charge is 0.467 e. The van der Waals surface area contributed by atoms with Gasteiger partial charge in [-0.05, 0) is 45.1 Å². The van der Waals surface area contributed by atoms with Gasteiger partial charge in [-0.2, -0.15) is 4.68 Å². The number of rotatable bonds is 6. The van der Waals surface area contributed by atoms with Gasteiger partial charge in [0.25, 0.3) is 5.91 Å². The summed E-state index contributed by atoms with van der Waals surface area (Å²) in [7, 11) is 0. The van der Waals surface area contributed by atoms with Crippen LogP contribution in [0.5, 0.6) is 0 Å². The van der Waals surface area contributed by atoms with Gasteiger partial charge < -0.3 is 24.3 Å². The lowest BCUT2D eigenvalue weighted by atomic mass is 10.4. The number of amides is 1. The first-order valence-corrected chi connectivity index (χ1v) is 7.59. The molecule has 0 aromatic carbocycles. The number of aromatic nitrogens is 2. The second-order valence-corrected chi connectivity index (χ2v) is 5.64. The third kappa shape index (κ3) is 3.54. The van der Waals surface area contributed by atoms with Crippen LogP contribution in [-0.4, -0.2) is 20.6 Å². The topological polar surface area (TPSA) is 116 Å². The maximum absolute atomic E-state index is 12.0. The van der Waals surface area contributed by atoms with E-state index in [2.05, 4.69) is 26.3 Å². The van der Waals surface area contributed by atoms with Crippen molar-refractivity contribution in [3.63, 3.8) is 0 Å². The summed E-state index contributed by atoms with van der Waals surface area (Å²) in [5, 5.41) is 17.3. The molecule has 0 unspecified atom stereocenters. The van der Waals surface area contributed by atoms with Crippen molar-refractivity contribution in [1.82, 2.24) is 15.1 Å². The number of carbonyl (C=O) groups excluding carboxylic acids is 1.